The fourth-order valence-electron chi connectivity index (χ4n) is 3.36. The first-order chi connectivity index (χ1) is 12.7. The Hall–Kier alpha value is -1.24. The van der Waals surface area contributed by atoms with E-state index in [2.05, 4.69) is 29.3 Å². The second kappa shape index (κ2) is 9.11. The van der Waals surface area contributed by atoms with Gasteiger partial charge in [-0.1, -0.05) is 60.7 Å². The van der Waals surface area contributed by atoms with E-state index in [0.717, 1.165) is 11.1 Å². The number of aliphatic hydroxyl groups is 1. The fourth-order valence-corrected chi connectivity index (χ4v) is 4.61. The van der Waals surface area contributed by atoms with E-state index in [4.69, 9.17) is 23.2 Å². The maximum absolute atomic E-state index is 12.5. The highest BCUT2D eigenvalue weighted by molar-refractivity contribution is 7.99. The predicted molar refractivity (Wildman–Crippen MR) is 107 cm³/mol. The topological polar surface area (TPSA) is 43.8 Å². The number of benzene rings is 2. The van der Waals surface area contributed by atoms with Crippen molar-refractivity contribution in [2.24, 2.45) is 0 Å². The van der Waals surface area contributed by atoms with Crippen molar-refractivity contribution in [3.05, 3.63) is 71.8 Å². The van der Waals surface area contributed by atoms with Crippen LogP contribution >= 0.6 is 35.0 Å². The van der Waals surface area contributed by atoms with E-state index in [1.165, 1.54) is 0 Å². The molecule has 2 aromatic rings. The molecule has 7 heteroatoms. The van der Waals surface area contributed by atoms with Gasteiger partial charge < -0.3 is 5.11 Å². The van der Waals surface area contributed by atoms with Gasteiger partial charge in [0, 0.05) is 12.2 Å². The molecule has 2 saturated heterocycles. The van der Waals surface area contributed by atoms with Crippen molar-refractivity contribution in [2.75, 3.05) is 11.1 Å². The van der Waals surface area contributed by atoms with Crippen molar-refractivity contribution < 1.29 is 9.90 Å². The first-order valence-electron chi connectivity index (χ1n) is 8.29. The third-order valence-electron chi connectivity index (χ3n) is 4.39. The molecule has 1 N–H and O–H groups in total. The number of hydrogen-bond donors (Lipinski definition) is 1. The second-order valence-electron chi connectivity index (χ2n) is 5.93. The fraction of sp³-hybridized carbons (Fsp3) is 0.316. The Morgan fingerprint density at radius 2 is 1.54 bits per heavy atom. The normalized spacial score (nSPS) is 25.4. The van der Waals surface area contributed by atoms with E-state index in [0.29, 0.717) is 12.2 Å². The summed E-state index contributed by atoms with van der Waals surface area (Å²) in [6.45, 7) is 0. The summed E-state index contributed by atoms with van der Waals surface area (Å²) in [5.74, 6) is 0.524. The first-order valence-corrected chi connectivity index (χ1v) is 10.4. The van der Waals surface area contributed by atoms with Crippen LogP contribution in [0.2, 0.25) is 0 Å². The monoisotopic (exact) mass is 410 g/mol. The molecule has 2 heterocycles. The molecular weight excluding hydrogens is 391 g/mol. The Balaban J connectivity index is 0.000000613. The maximum Gasteiger partial charge on any atom is 0.241 e. The lowest BCUT2D eigenvalue weighted by Gasteiger charge is -2.44. The van der Waals surface area contributed by atoms with Crippen LogP contribution in [0.4, 0.5) is 0 Å². The van der Waals surface area contributed by atoms with Crippen LogP contribution in [0, 0.1) is 0 Å². The van der Waals surface area contributed by atoms with Crippen LogP contribution in [-0.2, 0) is 4.79 Å². The molecule has 0 aliphatic carbocycles. The molecule has 0 saturated carbocycles. The molecule has 26 heavy (non-hydrogen) atoms. The lowest BCUT2D eigenvalue weighted by Crippen LogP contribution is -2.52. The molecule has 2 aliphatic rings. The van der Waals surface area contributed by atoms with Gasteiger partial charge in [-0.2, -0.15) is 5.01 Å². The van der Waals surface area contributed by atoms with Crippen LogP contribution in [0.1, 0.15) is 29.0 Å². The number of hydrogen-bond acceptors (Lipinski definition) is 4. The molecule has 2 aromatic carbocycles. The van der Waals surface area contributed by atoms with Gasteiger partial charge in [0.25, 0.3) is 0 Å². The number of amides is 1. The Morgan fingerprint density at radius 3 is 2.12 bits per heavy atom. The quantitative estimate of drug-likeness (QED) is 0.746. The summed E-state index contributed by atoms with van der Waals surface area (Å²) in [6.07, 6.45) is -0.341. The third kappa shape index (κ3) is 4.02. The molecule has 0 radical (unpaired) electrons. The maximum atomic E-state index is 12.5. The lowest BCUT2D eigenvalue weighted by atomic mass is 10.0. The average Bonchev–Trinajstić information content (AvgIpc) is 3.03. The highest BCUT2D eigenvalue weighted by Gasteiger charge is 2.48. The van der Waals surface area contributed by atoms with Crippen LogP contribution in [0.25, 0.3) is 0 Å². The number of carbonyl (C=O) groups excluding carboxylic acids is 1. The van der Waals surface area contributed by atoms with E-state index in [9.17, 15) is 9.90 Å². The summed E-state index contributed by atoms with van der Waals surface area (Å²) in [6, 6.07) is 20.2. The molecule has 2 fully saturated rings. The van der Waals surface area contributed by atoms with Crippen molar-refractivity contribution in [3.8, 4) is 0 Å². The highest BCUT2D eigenvalue weighted by atomic mass is 35.5. The van der Waals surface area contributed by atoms with Crippen molar-refractivity contribution >= 4 is 40.9 Å². The van der Waals surface area contributed by atoms with E-state index < -0.39 is 6.23 Å². The van der Waals surface area contributed by atoms with Crippen molar-refractivity contribution in [1.29, 1.82) is 0 Å². The molecule has 1 amide bonds. The Bertz CT molecular complexity index is 720. The predicted octanol–water partition coefficient (Wildman–Crippen LogP) is 4.36. The zero-order valence-electron chi connectivity index (χ0n) is 14.0. The molecule has 0 unspecified atom stereocenters. The third-order valence-corrected chi connectivity index (χ3v) is 5.68. The summed E-state index contributed by atoms with van der Waals surface area (Å²) in [4.78, 5) is 12.5. The van der Waals surface area contributed by atoms with Crippen molar-refractivity contribution in [2.45, 2.75) is 24.1 Å². The molecule has 4 nitrogen and oxygen atoms in total. The number of carbonyl (C=O) groups is 1. The van der Waals surface area contributed by atoms with E-state index >= 15 is 0 Å². The summed E-state index contributed by atoms with van der Waals surface area (Å²) in [5.41, 5.74) is 2.27. The minimum atomic E-state index is -0.749. The molecule has 0 bridgehead atoms. The number of fused-ring (bicyclic) bond motifs is 1. The van der Waals surface area contributed by atoms with Gasteiger partial charge in [0.2, 0.25) is 5.91 Å². The minimum absolute atomic E-state index is 0.00687. The lowest BCUT2D eigenvalue weighted by molar-refractivity contribution is -0.165. The second-order valence-corrected chi connectivity index (χ2v) is 7.85. The zero-order chi connectivity index (χ0) is 18.5. The average molecular weight is 411 g/mol. The zero-order valence-corrected chi connectivity index (χ0v) is 16.4. The Kier molecular flexibility index (Phi) is 6.84. The van der Waals surface area contributed by atoms with Crippen LogP contribution in [0.3, 0.4) is 0 Å². The number of aliphatic hydroxyl groups excluding tert-OH is 1. The van der Waals surface area contributed by atoms with Gasteiger partial charge >= 0.3 is 0 Å². The van der Waals surface area contributed by atoms with Gasteiger partial charge in [-0.25, -0.2) is 5.01 Å². The van der Waals surface area contributed by atoms with E-state index in [1.54, 1.807) is 16.8 Å². The van der Waals surface area contributed by atoms with Crippen molar-refractivity contribution in [3.63, 3.8) is 0 Å². The largest absolute Gasteiger partial charge is 0.371 e. The number of halogens is 2. The molecule has 2 aliphatic heterocycles. The summed E-state index contributed by atoms with van der Waals surface area (Å²) >= 11 is 11.2. The number of nitrogens with zero attached hydrogens (tertiary/aromatic N) is 2. The standard InChI is InChI=1S/C18H18N2O2S.CH2Cl2/c21-16-11-15(13-7-3-1-4-8-13)19-18(14-9-5-2-6-10-14)23-12-17(22)20(16)19;2-1-3/h1-10,15,17-18,22H,11-12H2;1H2/t15-,17+,18+;/m0./s1. The van der Waals surface area contributed by atoms with Crippen LogP contribution in [-0.4, -0.2) is 38.4 Å². The van der Waals surface area contributed by atoms with Crippen LogP contribution in [0.15, 0.2) is 60.7 Å². The van der Waals surface area contributed by atoms with E-state index in [-0.39, 0.29) is 22.7 Å². The van der Waals surface area contributed by atoms with Gasteiger partial charge in [0.1, 0.15) is 5.37 Å². The first kappa shape index (κ1) is 19.5. The van der Waals surface area contributed by atoms with Crippen LogP contribution in [0.5, 0.6) is 0 Å². The molecule has 138 valence electrons. The number of thioether (sulfide) groups is 1. The smallest absolute Gasteiger partial charge is 0.241 e. The molecule has 3 atom stereocenters. The minimum Gasteiger partial charge on any atom is -0.371 e. The summed E-state index contributed by atoms with van der Waals surface area (Å²) < 4.78 is 0. The molecular formula is C19H20Cl2N2O2S. The highest BCUT2D eigenvalue weighted by Crippen LogP contribution is 2.48. The molecule has 4 rings (SSSR count). The number of rotatable bonds is 2. The Labute approximate surface area is 167 Å². The van der Waals surface area contributed by atoms with Gasteiger partial charge in [0.15, 0.2) is 6.23 Å². The Morgan fingerprint density at radius 1 is 1.00 bits per heavy atom. The molecule has 0 spiro atoms. The van der Waals surface area contributed by atoms with Gasteiger partial charge in [-0.05, 0) is 11.1 Å². The number of hydrazine groups is 1. The van der Waals surface area contributed by atoms with Gasteiger partial charge in [0.05, 0.1) is 11.4 Å². The summed E-state index contributed by atoms with van der Waals surface area (Å²) in [5, 5.41) is 14.2. The van der Waals surface area contributed by atoms with Gasteiger partial charge in [-0.3, -0.25) is 4.79 Å². The van der Waals surface area contributed by atoms with Crippen molar-refractivity contribution in [1.82, 2.24) is 10.0 Å². The SMILES string of the molecule is ClCCl.O=C1C[C@@H](c2ccccc2)N2[C@@H](c3ccccc3)SC[C@@H](O)N12. The summed E-state index contributed by atoms with van der Waals surface area (Å²) in [7, 11) is 0. The number of alkyl halides is 2. The van der Waals surface area contributed by atoms with Gasteiger partial charge in [-0.15, -0.1) is 35.0 Å². The molecule has 0 aromatic heterocycles. The van der Waals surface area contributed by atoms with Crippen LogP contribution < -0.4 is 0 Å². The van der Waals surface area contributed by atoms with E-state index in [1.807, 2.05) is 36.4 Å².